The second-order valence-electron chi connectivity index (χ2n) is 9.18. The number of hydrogen-bond donors (Lipinski definition) is 2. The number of amidine groups is 1. The van der Waals surface area contributed by atoms with Gasteiger partial charge in [0.05, 0.1) is 18.0 Å². The van der Waals surface area contributed by atoms with Crippen LogP contribution in [0.5, 0.6) is 0 Å². The van der Waals surface area contributed by atoms with E-state index < -0.39 is 0 Å². The van der Waals surface area contributed by atoms with Crippen molar-refractivity contribution in [3.05, 3.63) is 59.5 Å². The highest BCUT2D eigenvalue weighted by atomic mass is 16.5. The molecular weight excluding hydrogens is 400 g/mol. The Bertz CT molecular complexity index is 1180. The highest BCUT2D eigenvalue weighted by molar-refractivity contribution is 6.02. The molecule has 3 aromatic rings. The maximum atomic E-state index is 5.50. The zero-order valence-corrected chi connectivity index (χ0v) is 18.5. The van der Waals surface area contributed by atoms with Crippen molar-refractivity contribution >= 4 is 17.3 Å². The Morgan fingerprint density at radius 2 is 2.16 bits per heavy atom. The molecule has 0 spiro atoms. The van der Waals surface area contributed by atoms with Gasteiger partial charge in [-0.1, -0.05) is 6.07 Å². The Morgan fingerprint density at radius 3 is 2.97 bits per heavy atom. The lowest BCUT2D eigenvalue weighted by Gasteiger charge is -2.18. The van der Waals surface area contributed by atoms with Crippen LogP contribution in [0.3, 0.4) is 0 Å². The number of aliphatic imine (C=N–C) groups is 1. The van der Waals surface area contributed by atoms with Gasteiger partial charge in [0.2, 0.25) is 0 Å². The summed E-state index contributed by atoms with van der Waals surface area (Å²) in [6, 6.07) is 10.8. The second kappa shape index (κ2) is 7.83. The highest BCUT2D eigenvalue weighted by Gasteiger charge is 2.46. The van der Waals surface area contributed by atoms with Crippen LogP contribution in [0.4, 0.5) is 11.5 Å². The molecule has 0 bridgehead atoms. The monoisotopic (exact) mass is 428 g/mol. The molecule has 2 aliphatic heterocycles. The number of nitrogens with zero attached hydrogens (tertiary/aromatic N) is 4. The Hall–Kier alpha value is -3.03. The fraction of sp³-hybridized carbons (Fsp3) is 0.400. The van der Waals surface area contributed by atoms with Gasteiger partial charge in [0.1, 0.15) is 11.7 Å². The van der Waals surface area contributed by atoms with Crippen LogP contribution in [0.1, 0.15) is 35.6 Å². The van der Waals surface area contributed by atoms with Crippen molar-refractivity contribution in [2.75, 3.05) is 25.5 Å². The molecular formula is C25H28N6O. The van der Waals surface area contributed by atoms with E-state index >= 15 is 0 Å². The number of aromatic amines is 1. The van der Waals surface area contributed by atoms with Crippen molar-refractivity contribution in [1.82, 2.24) is 20.1 Å². The summed E-state index contributed by atoms with van der Waals surface area (Å²) in [6.07, 6.45) is 6.39. The Balaban J connectivity index is 1.20. The lowest BCUT2D eigenvalue weighted by Crippen LogP contribution is -2.22. The predicted molar refractivity (Wildman–Crippen MR) is 125 cm³/mol. The number of H-pyrrole nitrogens is 1. The second-order valence-corrected chi connectivity index (χ2v) is 9.18. The van der Waals surface area contributed by atoms with Crippen LogP contribution in [0.15, 0.2) is 47.7 Å². The predicted octanol–water partition coefficient (Wildman–Crippen LogP) is 4.26. The number of aromatic nitrogens is 3. The summed E-state index contributed by atoms with van der Waals surface area (Å²) < 4.78 is 5.50. The number of hydrogen-bond acceptors (Lipinski definition) is 6. The number of ether oxygens (including phenoxy) is 1. The first-order valence-corrected chi connectivity index (χ1v) is 11.4. The molecule has 3 atom stereocenters. The average Bonchev–Trinajstić information content (AvgIpc) is 3.31. The average molecular weight is 429 g/mol. The topological polar surface area (TPSA) is 78.4 Å². The molecule has 6 rings (SSSR count). The number of anilines is 1. The lowest BCUT2D eigenvalue weighted by molar-refractivity contribution is 0.107. The number of nitrogens with one attached hydrogen (secondary N) is 2. The van der Waals surface area contributed by atoms with Gasteiger partial charge in [0, 0.05) is 50.1 Å². The minimum Gasteiger partial charge on any atom is -0.380 e. The van der Waals surface area contributed by atoms with E-state index in [1.165, 1.54) is 16.7 Å². The summed E-state index contributed by atoms with van der Waals surface area (Å²) in [7, 11) is 1.80. The number of benzene rings is 1. The maximum absolute atomic E-state index is 5.50. The van der Waals surface area contributed by atoms with E-state index in [9.17, 15) is 0 Å². The first kappa shape index (κ1) is 19.6. The third kappa shape index (κ3) is 3.61. The van der Waals surface area contributed by atoms with Crippen molar-refractivity contribution in [2.24, 2.45) is 10.9 Å². The van der Waals surface area contributed by atoms with Gasteiger partial charge in [-0.2, -0.15) is 5.10 Å². The van der Waals surface area contributed by atoms with E-state index in [1.807, 2.05) is 12.4 Å². The van der Waals surface area contributed by atoms with Crippen LogP contribution < -0.4 is 5.32 Å². The number of pyridine rings is 1. The van der Waals surface area contributed by atoms with E-state index in [4.69, 9.17) is 9.73 Å². The molecule has 4 heterocycles. The summed E-state index contributed by atoms with van der Waals surface area (Å²) >= 11 is 0. The summed E-state index contributed by atoms with van der Waals surface area (Å²) in [5.74, 6) is 2.91. The molecule has 3 aliphatic rings. The molecule has 32 heavy (non-hydrogen) atoms. The van der Waals surface area contributed by atoms with E-state index in [1.54, 1.807) is 7.11 Å². The SMILES string of the molecule is CO[C@H]1CCN(Cc2ccnc(NC3=Nc4ccc(-c5cn[nH]c5C)cc4C4CC34)c2)C1. The molecule has 7 heteroatoms. The van der Waals surface area contributed by atoms with Crippen LogP contribution >= 0.6 is 0 Å². The number of methoxy groups -OCH3 is 1. The van der Waals surface area contributed by atoms with Gasteiger partial charge in [-0.15, -0.1) is 0 Å². The van der Waals surface area contributed by atoms with Gasteiger partial charge in [-0.05, 0) is 66.6 Å². The first-order chi connectivity index (χ1) is 15.7. The summed E-state index contributed by atoms with van der Waals surface area (Å²) in [5, 5.41) is 10.7. The molecule has 2 unspecified atom stereocenters. The highest BCUT2D eigenvalue weighted by Crippen LogP contribution is 2.55. The van der Waals surface area contributed by atoms with Crippen LogP contribution in [0.25, 0.3) is 11.1 Å². The number of aryl methyl sites for hydroxylation is 1. The standard InChI is InChI=1S/C25H28N6O/c1-15-22(12-27-30-15)17-3-4-23-20(10-17)19-11-21(19)25(28-23)29-24-9-16(5-7-26-24)13-31-8-6-18(14-31)32-2/h3-5,7,9-10,12,18-19,21H,6,8,11,13-14H2,1-2H3,(H,27,30)(H,26,28,29)/t18-,19?,21?/m0/s1. The molecule has 0 amide bonds. The van der Waals surface area contributed by atoms with Gasteiger partial charge < -0.3 is 10.1 Å². The van der Waals surface area contributed by atoms with Crippen LogP contribution in [0, 0.1) is 12.8 Å². The smallest absolute Gasteiger partial charge is 0.131 e. The van der Waals surface area contributed by atoms with E-state index in [-0.39, 0.29) is 0 Å². The number of rotatable bonds is 5. The fourth-order valence-corrected chi connectivity index (χ4v) is 5.10. The van der Waals surface area contributed by atoms with E-state index in [0.29, 0.717) is 17.9 Å². The molecule has 7 nitrogen and oxygen atoms in total. The maximum Gasteiger partial charge on any atom is 0.131 e. The third-order valence-electron chi connectivity index (χ3n) is 7.00. The van der Waals surface area contributed by atoms with Gasteiger partial charge in [-0.3, -0.25) is 10.00 Å². The number of fused-ring (bicyclic) bond motifs is 3. The molecule has 1 saturated heterocycles. The van der Waals surface area contributed by atoms with Crippen molar-refractivity contribution in [3.8, 4) is 11.1 Å². The van der Waals surface area contributed by atoms with Gasteiger partial charge >= 0.3 is 0 Å². The van der Waals surface area contributed by atoms with Gasteiger partial charge in [0.15, 0.2) is 0 Å². The Morgan fingerprint density at radius 1 is 1.22 bits per heavy atom. The van der Waals surface area contributed by atoms with Crippen molar-refractivity contribution in [3.63, 3.8) is 0 Å². The van der Waals surface area contributed by atoms with Gasteiger partial charge in [0.25, 0.3) is 0 Å². The molecule has 0 radical (unpaired) electrons. The summed E-state index contributed by atoms with van der Waals surface area (Å²) in [5.41, 5.74) is 7.14. The van der Waals surface area contributed by atoms with Crippen LogP contribution in [-0.2, 0) is 11.3 Å². The zero-order chi connectivity index (χ0) is 21.7. The van der Waals surface area contributed by atoms with Crippen molar-refractivity contribution in [2.45, 2.75) is 38.3 Å². The minimum atomic E-state index is 0.357. The normalized spacial score (nSPS) is 24.1. The minimum absolute atomic E-state index is 0.357. The molecule has 1 saturated carbocycles. The quantitative estimate of drug-likeness (QED) is 0.635. The molecule has 2 fully saturated rings. The Kier molecular flexibility index (Phi) is 4.81. The van der Waals surface area contributed by atoms with Gasteiger partial charge in [-0.25, -0.2) is 9.98 Å². The van der Waals surface area contributed by atoms with E-state index in [0.717, 1.165) is 61.1 Å². The van der Waals surface area contributed by atoms with E-state index in [2.05, 4.69) is 62.7 Å². The molecule has 2 N–H and O–H groups in total. The van der Waals surface area contributed by atoms with Crippen molar-refractivity contribution < 1.29 is 4.74 Å². The Labute approximate surface area is 187 Å². The first-order valence-electron chi connectivity index (χ1n) is 11.4. The largest absolute Gasteiger partial charge is 0.380 e. The van der Waals surface area contributed by atoms with Crippen LogP contribution in [0.2, 0.25) is 0 Å². The molecule has 1 aliphatic carbocycles. The summed E-state index contributed by atoms with van der Waals surface area (Å²) in [6.45, 7) is 5.06. The van der Waals surface area contributed by atoms with Crippen molar-refractivity contribution in [1.29, 1.82) is 0 Å². The number of likely N-dealkylation sites (tertiary alicyclic amines) is 1. The third-order valence-corrected chi connectivity index (χ3v) is 7.00. The molecule has 2 aromatic heterocycles. The zero-order valence-electron chi connectivity index (χ0n) is 18.5. The fourth-order valence-electron chi connectivity index (χ4n) is 5.10. The molecule has 164 valence electrons. The molecule has 1 aromatic carbocycles. The van der Waals surface area contributed by atoms with Crippen LogP contribution in [-0.4, -0.2) is 52.2 Å². The summed E-state index contributed by atoms with van der Waals surface area (Å²) in [4.78, 5) is 12.0. The lowest BCUT2D eigenvalue weighted by atomic mass is 9.97.